The molecule has 0 fully saturated rings. The van der Waals surface area contributed by atoms with E-state index >= 15 is 0 Å². The van der Waals surface area contributed by atoms with E-state index in [1.165, 1.54) is 24.3 Å². The number of carboxylic acid groups (broad SMARTS) is 1. The summed E-state index contributed by atoms with van der Waals surface area (Å²) in [6.07, 6.45) is -0.132. The third kappa shape index (κ3) is 3.58. The van der Waals surface area contributed by atoms with Crippen LogP contribution in [0.1, 0.15) is 5.56 Å². The number of nitrogens with one attached hydrogen (secondary N) is 1. The highest BCUT2D eigenvalue weighted by atomic mass is 32.2. The number of aliphatic carboxylic acids is 1. The van der Waals surface area contributed by atoms with Crippen molar-refractivity contribution >= 4 is 21.7 Å². The molecule has 6 heteroatoms. The number of carbonyl (C=O) groups is 1. The van der Waals surface area contributed by atoms with E-state index in [0.29, 0.717) is 11.3 Å². The van der Waals surface area contributed by atoms with Crippen molar-refractivity contribution in [1.82, 2.24) is 0 Å². The fourth-order valence-corrected chi connectivity index (χ4v) is 2.74. The lowest BCUT2D eigenvalue weighted by Gasteiger charge is -2.08. The Kier molecular flexibility index (Phi) is 4.05. The standard InChI is InChI=1S/C14H13NO4S/c16-14(17)10-11-6-8-13(9-7-11)20(18,19)15-12-4-2-1-3-5-12/h1-9,15H,10H2,(H,16,17). The molecule has 0 saturated carbocycles. The summed E-state index contributed by atoms with van der Waals surface area (Å²) in [7, 11) is -3.66. The number of hydrogen-bond acceptors (Lipinski definition) is 3. The van der Waals surface area contributed by atoms with Crippen LogP contribution in [-0.4, -0.2) is 19.5 Å². The van der Waals surface area contributed by atoms with Crippen LogP contribution in [0.4, 0.5) is 5.69 Å². The maximum atomic E-state index is 12.1. The smallest absolute Gasteiger partial charge is 0.307 e. The van der Waals surface area contributed by atoms with Crippen molar-refractivity contribution in [3.8, 4) is 0 Å². The van der Waals surface area contributed by atoms with Crippen molar-refractivity contribution in [3.05, 3.63) is 60.2 Å². The Morgan fingerprint density at radius 2 is 1.60 bits per heavy atom. The van der Waals surface area contributed by atoms with Crippen LogP contribution in [0.25, 0.3) is 0 Å². The lowest BCUT2D eigenvalue weighted by atomic mass is 10.2. The van der Waals surface area contributed by atoms with Crippen molar-refractivity contribution in [2.45, 2.75) is 11.3 Å². The molecule has 0 heterocycles. The van der Waals surface area contributed by atoms with Crippen LogP contribution in [0, 0.1) is 0 Å². The van der Waals surface area contributed by atoms with Crippen LogP contribution in [0.3, 0.4) is 0 Å². The number of para-hydroxylation sites is 1. The van der Waals surface area contributed by atoms with E-state index in [9.17, 15) is 13.2 Å². The van der Waals surface area contributed by atoms with E-state index < -0.39 is 16.0 Å². The van der Waals surface area contributed by atoms with E-state index in [-0.39, 0.29) is 11.3 Å². The number of carboxylic acids is 1. The summed E-state index contributed by atoms with van der Waals surface area (Å²) >= 11 is 0. The van der Waals surface area contributed by atoms with Gasteiger partial charge in [-0.3, -0.25) is 9.52 Å². The quantitative estimate of drug-likeness (QED) is 0.883. The van der Waals surface area contributed by atoms with Crippen molar-refractivity contribution in [3.63, 3.8) is 0 Å². The van der Waals surface area contributed by atoms with E-state index in [2.05, 4.69) is 4.72 Å². The van der Waals surface area contributed by atoms with Gasteiger partial charge in [0.2, 0.25) is 0 Å². The Morgan fingerprint density at radius 1 is 1.00 bits per heavy atom. The van der Waals surface area contributed by atoms with Gasteiger partial charge in [-0.25, -0.2) is 8.42 Å². The zero-order valence-electron chi connectivity index (χ0n) is 10.5. The SMILES string of the molecule is O=C(O)Cc1ccc(S(=O)(=O)Nc2ccccc2)cc1. The van der Waals surface area contributed by atoms with E-state index in [1.54, 1.807) is 30.3 Å². The summed E-state index contributed by atoms with van der Waals surface area (Å²) in [5, 5.41) is 8.66. The zero-order valence-corrected chi connectivity index (χ0v) is 11.3. The molecule has 0 bridgehead atoms. The van der Waals surface area contributed by atoms with Gasteiger partial charge in [0, 0.05) is 5.69 Å². The molecule has 2 aromatic rings. The van der Waals surface area contributed by atoms with Crippen molar-refractivity contribution in [2.24, 2.45) is 0 Å². The Morgan fingerprint density at radius 3 is 2.15 bits per heavy atom. The third-order valence-electron chi connectivity index (χ3n) is 2.62. The summed E-state index contributed by atoms with van der Waals surface area (Å²) < 4.78 is 26.7. The summed E-state index contributed by atoms with van der Waals surface area (Å²) in [5.74, 6) is -0.956. The number of benzene rings is 2. The van der Waals surface area contributed by atoms with Gasteiger partial charge in [-0.2, -0.15) is 0 Å². The van der Waals surface area contributed by atoms with Gasteiger partial charge in [-0.15, -0.1) is 0 Å². The summed E-state index contributed by atoms with van der Waals surface area (Å²) in [5.41, 5.74) is 1.03. The van der Waals surface area contributed by atoms with Crippen LogP contribution in [0.5, 0.6) is 0 Å². The molecule has 0 spiro atoms. The van der Waals surface area contributed by atoms with Crippen molar-refractivity contribution < 1.29 is 18.3 Å². The molecule has 0 atom stereocenters. The average molecular weight is 291 g/mol. The third-order valence-corrected chi connectivity index (χ3v) is 4.01. The topological polar surface area (TPSA) is 83.5 Å². The van der Waals surface area contributed by atoms with Crippen LogP contribution < -0.4 is 4.72 Å². The number of sulfonamides is 1. The fourth-order valence-electron chi connectivity index (χ4n) is 1.68. The first-order chi connectivity index (χ1) is 9.47. The number of hydrogen-bond donors (Lipinski definition) is 2. The Bertz CT molecular complexity index is 694. The van der Waals surface area contributed by atoms with Crippen molar-refractivity contribution in [2.75, 3.05) is 4.72 Å². The maximum absolute atomic E-state index is 12.1. The maximum Gasteiger partial charge on any atom is 0.307 e. The van der Waals surface area contributed by atoms with Gasteiger partial charge >= 0.3 is 5.97 Å². The Balaban J connectivity index is 2.19. The van der Waals surface area contributed by atoms with Crippen LogP contribution >= 0.6 is 0 Å². The highest BCUT2D eigenvalue weighted by Gasteiger charge is 2.14. The lowest BCUT2D eigenvalue weighted by Crippen LogP contribution is -2.13. The molecule has 0 aromatic heterocycles. The molecule has 5 nitrogen and oxygen atoms in total. The molecule has 0 radical (unpaired) electrons. The minimum Gasteiger partial charge on any atom is -0.481 e. The van der Waals surface area contributed by atoms with E-state index in [0.717, 1.165) is 0 Å². The van der Waals surface area contributed by atoms with Crippen LogP contribution in [-0.2, 0) is 21.2 Å². The molecule has 20 heavy (non-hydrogen) atoms. The van der Waals surface area contributed by atoms with Crippen LogP contribution in [0.15, 0.2) is 59.5 Å². The van der Waals surface area contributed by atoms with E-state index in [4.69, 9.17) is 5.11 Å². The predicted molar refractivity (Wildman–Crippen MR) is 75.0 cm³/mol. The second kappa shape index (κ2) is 5.75. The van der Waals surface area contributed by atoms with Gasteiger partial charge in [0.1, 0.15) is 0 Å². The predicted octanol–water partition coefficient (Wildman–Crippen LogP) is 2.11. The van der Waals surface area contributed by atoms with Gasteiger partial charge < -0.3 is 5.11 Å². The monoisotopic (exact) mass is 291 g/mol. The number of anilines is 1. The second-order valence-corrected chi connectivity index (χ2v) is 5.87. The molecule has 0 saturated heterocycles. The first-order valence-corrected chi connectivity index (χ1v) is 7.34. The molecule has 2 N–H and O–H groups in total. The minimum absolute atomic E-state index is 0.0930. The normalized spacial score (nSPS) is 11.0. The zero-order chi connectivity index (χ0) is 14.6. The lowest BCUT2D eigenvalue weighted by molar-refractivity contribution is -0.136. The Labute approximate surface area is 116 Å². The largest absolute Gasteiger partial charge is 0.481 e. The molecule has 0 aliphatic rings. The van der Waals surface area contributed by atoms with Gasteiger partial charge in [0.15, 0.2) is 0 Å². The molecular weight excluding hydrogens is 278 g/mol. The molecular formula is C14H13NO4S. The minimum atomic E-state index is -3.66. The summed E-state index contributed by atoms with van der Waals surface area (Å²) in [6.45, 7) is 0. The van der Waals surface area contributed by atoms with Crippen molar-refractivity contribution in [1.29, 1.82) is 0 Å². The summed E-state index contributed by atoms with van der Waals surface area (Å²) in [4.78, 5) is 10.7. The molecule has 2 rings (SSSR count). The molecule has 0 aliphatic heterocycles. The second-order valence-electron chi connectivity index (χ2n) is 4.19. The average Bonchev–Trinajstić information content (AvgIpc) is 2.39. The van der Waals surface area contributed by atoms with Gasteiger partial charge in [0.05, 0.1) is 11.3 Å². The molecule has 104 valence electrons. The molecule has 0 amide bonds. The molecule has 0 aliphatic carbocycles. The first kappa shape index (κ1) is 14.1. The fraction of sp³-hybridized carbons (Fsp3) is 0.0714. The highest BCUT2D eigenvalue weighted by Crippen LogP contribution is 2.16. The van der Waals surface area contributed by atoms with Gasteiger partial charge in [-0.05, 0) is 29.8 Å². The van der Waals surface area contributed by atoms with Gasteiger partial charge in [-0.1, -0.05) is 30.3 Å². The highest BCUT2D eigenvalue weighted by molar-refractivity contribution is 7.92. The molecule has 2 aromatic carbocycles. The van der Waals surface area contributed by atoms with Gasteiger partial charge in [0.25, 0.3) is 10.0 Å². The number of rotatable bonds is 5. The van der Waals surface area contributed by atoms with Crippen LogP contribution in [0.2, 0.25) is 0 Å². The van der Waals surface area contributed by atoms with E-state index in [1.807, 2.05) is 0 Å². The Hall–Kier alpha value is -2.34. The summed E-state index contributed by atoms with van der Waals surface area (Å²) in [6, 6.07) is 14.3. The first-order valence-electron chi connectivity index (χ1n) is 5.86. The molecule has 0 unspecified atom stereocenters.